The lowest BCUT2D eigenvalue weighted by Crippen LogP contribution is -2.69. The van der Waals surface area contributed by atoms with E-state index < -0.39 is 6.17 Å². The van der Waals surface area contributed by atoms with Crippen molar-refractivity contribution in [2.75, 3.05) is 27.3 Å². The average Bonchev–Trinajstić information content (AvgIpc) is 3.18. The molecular formula is C22H31N5O4. The number of amides is 2. The molecule has 9 nitrogen and oxygen atoms in total. The number of amidine groups is 1. The molecule has 2 N–H and O–H groups in total. The van der Waals surface area contributed by atoms with Crippen LogP contribution in [0.15, 0.2) is 23.3 Å². The minimum atomic E-state index is -0.487. The minimum Gasteiger partial charge on any atom is -0.493 e. The molecule has 2 aliphatic heterocycles. The van der Waals surface area contributed by atoms with Gasteiger partial charge in [-0.1, -0.05) is 18.9 Å². The van der Waals surface area contributed by atoms with E-state index in [-0.39, 0.29) is 30.4 Å². The van der Waals surface area contributed by atoms with Gasteiger partial charge in [-0.25, -0.2) is 0 Å². The van der Waals surface area contributed by atoms with Crippen LogP contribution in [0.4, 0.5) is 0 Å². The molecule has 4 rings (SSSR count). The summed E-state index contributed by atoms with van der Waals surface area (Å²) in [7, 11) is 3.20. The fourth-order valence-electron chi connectivity index (χ4n) is 4.96. The van der Waals surface area contributed by atoms with Gasteiger partial charge in [0, 0.05) is 6.54 Å². The summed E-state index contributed by atoms with van der Waals surface area (Å²) in [6.07, 6.45) is 4.33. The molecule has 9 heteroatoms. The monoisotopic (exact) mass is 429 g/mol. The minimum absolute atomic E-state index is 0.0548. The molecule has 3 unspecified atom stereocenters. The lowest BCUT2D eigenvalue weighted by molar-refractivity contribution is -0.152. The van der Waals surface area contributed by atoms with Crippen molar-refractivity contribution < 1.29 is 19.1 Å². The summed E-state index contributed by atoms with van der Waals surface area (Å²) >= 11 is 0. The van der Waals surface area contributed by atoms with Crippen LogP contribution in [0.2, 0.25) is 0 Å². The first-order valence-corrected chi connectivity index (χ1v) is 10.9. The van der Waals surface area contributed by atoms with Gasteiger partial charge < -0.3 is 24.6 Å². The maximum Gasteiger partial charge on any atom is 0.268 e. The van der Waals surface area contributed by atoms with Gasteiger partial charge in [-0.2, -0.15) is 5.10 Å². The predicted octanol–water partition coefficient (Wildman–Crippen LogP) is 1.08. The summed E-state index contributed by atoms with van der Waals surface area (Å²) in [5.74, 6) is 1.99. The van der Waals surface area contributed by atoms with E-state index in [0.29, 0.717) is 24.5 Å². The molecule has 168 valence electrons. The van der Waals surface area contributed by atoms with Crippen LogP contribution >= 0.6 is 0 Å². The Bertz CT molecular complexity index is 873. The third kappa shape index (κ3) is 4.13. The zero-order valence-electron chi connectivity index (χ0n) is 18.4. The number of carbonyl (C=O) groups is 2. The summed E-state index contributed by atoms with van der Waals surface area (Å²) in [5.41, 5.74) is 3.99. The van der Waals surface area contributed by atoms with Crippen LogP contribution < -0.4 is 20.2 Å². The molecular weight excluding hydrogens is 398 g/mol. The normalized spacial score (nSPS) is 24.7. The van der Waals surface area contributed by atoms with Gasteiger partial charge in [-0.15, -0.1) is 0 Å². The van der Waals surface area contributed by atoms with Gasteiger partial charge in [0.15, 0.2) is 17.7 Å². The lowest BCUT2D eigenvalue weighted by Gasteiger charge is -2.50. The van der Waals surface area contributed by atoms with Crippen LogP contribution in [-0.2, 0) is 16.0 Å². The first-order chi connectivity index (χ1) is 15.0. The van der Waals surface area contributed by atoms with Crippen molar-refractivity contribution in [2.24, 2.45) is 5.10 Å². The standard InChI is InChI=1S/C22H31N5O4/c1-14-24-25-21-22(29)26(16-6-4-5-7-17(16)27(14)21)13-20(28)23-11-10-15-8-9-18(30-2)19(12-15)31-3/h8-9,12,16-17,21,25H,4-7,10-11,13H2,1-3H3,(H,23,28). The second kappa shape index (κ2) is 9.03. The van der Waals surface area contributed by atoms with Gasteiger partial charge in [0.05, 0.1) is 26.3 Å². The van der Waals surface area contributed by atoms with E-state index in [1.165, 1.54) is 0 Å². The second-order valence-electron chi connectivity index (χ2n) is 8.27. The topological polar surface area (TPSA) is 95.5 Å². The largest absolute Gasteiger partial charge is 0.493 e. The van der Waals surface area contributed by atoms with E-state index in [4.69, 9.17) is 9.47 Å². The SMILES string of the molecule is COc1ccc(CCNC(=O)CN2C(=O)C3NN=C(C)N3C3CCCCC32)cc1OC. The number of methoxy groups -OCH3 is 2. The molecule has 1 aromatic rings. The van der Waals surface area contributed by atoms with Crippen LogP contribution in [-0.4, -0.2) is 73.0 Å². The Balaban J connectivity index is 1.35. The van der Waals surface area contributed by atoms with E-state index in [9.17, 15) is 9.59 Å². The molecule has 1 saturated carbocycles. The Morgan fingerprint density at radius 2 is 1.94 bits per heavy atom. The molecule has 2 amide bonds. The zero-order chi connectivity index (χ0) is 22.0. The predicted molar refractivity (Wildman–Crippen MR) is 116 cm³/mol. The van der Waals surface area contributed by atoms with E-state index in [1.54, 1.807) is 19.1 Å². The van der Waals surface area contributed by atoms with Crippen molar-refractivity contribution in [1.82, 2.24) is 20.5 Å². The summed E-state index contributed by atoms with van der Waals surface area (Å²) in [5, 5.41) is 7.23. The Morgan fingerprint density at radius 3 is 2.68 bits per heavy atom. The number of fused-ring (bicyclic) bond motifs is 3. The highest BCUT2D eigenvalue weighted by Crippen LogP contribution is 2.34. The Hall–Kier alpha value is -2.97. The van der Waals surface area contributed by atoms with Crippen molar-refractivity contribution in [3.8, 4) is 11.5 Å². The lowest BCUT2D eigenvalue weighted by atomic mass is 9.85. The molecule has 0 aromatic heterocycles. The van der Waals surface area contributed by atoms with Crippen LogP contribution in [0.5, 0.6) is 11.5 Å². The summed E-state index contributed by atoms with van der Waals surface area (Å²) < 4.78 is 10.6. The smallest absolute Gasteiger partial charge is 0.268 e. The summed E-state index contributed by atoms with van der Waals surface area (Å²) in [6.45, 7) is 2.50. The Kier molecular flexibility index (Phi) is 6.20. The zero-order valence-corrected chi connectivity index (χ0v) is 18.4. The van der Waals surface area contributed by atoms with Gasteiger partial charge in [0.2, 0.25) is 5.91 Å². The highest BCUT2D eigenvalue weighted by atomic mass is 16.5. The number of nitrogens with zero attached hydrogens (tertiary/aromatic N) is 3. The third-order valence-electron chi connectivity index (χ3n) is 6.47. The number of hydrazone groups is 1. The van der Waals surface area contributed by atoms with Crippen molar-refractivity contribution in [2.45, 2.75) is 57.3 Å². The molecule has 3 atom stereocenters. The number of hydrogen-bond acceptors (Lipinski definition) is 7. The molecule has 1 aromatic carbocycles. The number of rotatable bonds is 7. The highest BCUT2D eigenvalue weighted by molar-refractivity contribution is 5.94. The van der Waals surface area contributed by atoms with Crippen LogP contribution in [0.25, 0.3) is 0 Å². The van der Waals surface area contributed by atoms with E-state index in [0.717, 1.165) is 37.1 Å². The van der Waals surface area contributed by atoms with Crippen molar-refractivity contribution >= 4 is 17.6 Å². The van der Waals surface area contributed by atoms with Crippen LogP contribution in [0, 0.1) is 0 Å². The third-order valence-corrected chi connectivity index (χ3v) is 6.47. The molecule has 31 heavy (non-hydrogen) atoms. The first kappa shape index (κ1) is 21.3. The number of nitrogens with one attached hydrogen (secondary N) is 2. The maximum atomic E-state index is 13.1. The highest BCUT2D eigenvalue weighted by Gasteiger charge is 2.50. The average molecular weight is 430 g/mol. The Labute approximate surface area is 182 Å². The summed E-state index contributed by atoms with van der Waals surface area (Å²) in [6, 6.07) is 6.00. The van der Waals surface area contributed by atoms with Crippen molar-refractivity contribution in [1.29, 1.82) is 0 Å². The quantitative estimate of drug-likeness (QED) is 0.674. The molecule has 0 bridgehead atoms. The summed E-state index contributed by atoms with van der Waals surface area (Å²) in [4.78, 5) is 29.7. The fraction of sp³-hybridized carbons (Fsp3) is 0.591. The van der Waals surface area contributed by atoms with Gasteiger partial charge >= 0.3 is 0 Å². The first-order valence-electron chi connectivity index (χ1n) is 10.9. The number of hydrogen-bond donors (Lipinski definition) is 2. The molecule has 1 saturated heterocycles. The van der Waals surface area contributed by atoms with E-state index >= 15 is 0 Å². The van der Waals surface area contributed by atoms with Crippen molar-refractivity contribution in [3.05, 3.63) is 23.8 Å². The van der Waals surface area contributed by atoms with Crippen molar-refractivity contribution in [3.63, 3.8) is 0 Å². The van der Waals surface area contributed by atoms with Crippen LogP contribution in [0.1, 0.15) is 38.2 Å². The fourth-order valence-corrected chi connectivity index (χ4v) is 4.96. The molecule has 2 heterocycles. The van der Waals surface area contributed by atoms with E-state index in [2.05, 4.69) is 20.7 Å². The van der Waals surface area contributed by atoms with Gasteiger partial charge in [-0.3, -0.25) is 15.0 Å². The van der Waals surface area contributed by atoms with E-state index in [1.807, 2.05) is 25.1 Å². The molecule has 0 spiro atoms. The van der Waals surface area contributed by atoms with Gasteiger partial charge in [-0.05, 0) is 43.9 Å². The number of carbonyl (C=O) groups excluding carboxylic acids is 2. The van der Waals surface area contributed by atoms with Gasteiger partial charge in [0.25, 0.3) is 5.91 Å². The Morgan fingerprint density at radius 1 is 1.19 bits per heavy atom. The van der Waals surface area contributed by atoms with Gasteiger partial charge in [0.1, 0.15) is 12.4 Å². The number of benzene rings is 1. The number of ether oxygens (including phenoxy) is 2. The molecule has 1 aliphatic carbocycles. The molecule has 3 aliphatic rings. The maximum absolute atomic E-state index is 13.1. The number of piperazine rings is 1. The second-order valence-corrected chi connectivity index (χ2v) is 8.27. The van der Waals surface area contributed by atoms with Crippen LogP contribution in [0.3, 0.4) is 0 Å². The molecule has 2 fully saturated rings. The molecule has 0 radical (unpaired) electrons.